The Morgan fingerprint density at radius 1 is 1.31 bits per heavy atom. The predicted molar refractivity (Wildman–Crippen MR) is 64.5 cm³/mol. The van der Waals surface area contributed by atoms with Crippen LogP contribution in [-0.2, 0) is 0 Å². The Morgan fingerprint density at radius 3 is 2.44 bits per heavy atom. The van der Waals surface area contributed by atoms with Crippen molar-refractivity contribution in [1.29, 1.82) is 0 Å². The van der Waals surface area contributed by atoms with E-state index < -0.39 is 0 Å². The molecule has 0 saturated carbocycles. The number of carbonyl (C=O) groups excluding carboxylic acids is 1. The molecule has 0 spiro atoms. The van der Waals surface area contributed by atoms with Gasteiger partial charge in [0.15, 0.2) is 5.78 Å². The maximum atomic E-state index is 11.7. The molecule has 1 atom stereocenters. The Balaban J connectivity index is 2.47. The molecule has 1 aromatic rings. The van der Waals surface area contributed by atoms with Crippen LogP contribution in [0.2, 0.25) is 0 Å². The number of nitrogens with one attached hydrogen (secondary N) is 1. The van der Waals surface area contributed by atoms with E-state index in [1.165, 1.54) is 0 Å². The lowest BCUT2D eigenvalue weighted by molar-refractivity contribution is 0.0977. The molecular formula is C13H19NO2. The largest absolute Gasteiger partial charge is 0.395 e. The molecule has 0 aliphatic rings. The number of benzene rings is 1. The van der Waals surface area contributed by atoms with Crippen molar-refractivity contribution in [3.63, 3.8) is 0 Å². The van der Waals surface area contributed by atoms with Gasteiger partial charge >= 0.3 is 0 Å². The number of hydrogen-bond donors (Lipinski definition) is 2. The highest BCUT2D eigenvalue weighted by Gasteiger charge is 2.13. The topological polar surface area (TPSA) is 49.3 Å². The van der Waals surface area contributed by atoms with E-state index in [4.69, 9.17) is 5.11 Å². The number of ketones is 1. The van der Waals surface area contributed by atoms with Crippen LogP contribution in [0.15, 0.2) is 30.3 Å². The van der Waals surface area contributed by atoms with Crippen LogP contribution >= 0.6 is 0 Å². The summed E-state index contributed by atoms with van der Waals surface area (Å²) in [6.45, 7) is 4.36. The minimum Gasteiger partial charge on any atom is -0.395 e. The molecule has 0 unspecified atom stereocenters. The zero-order chi connectivity index (χ0) is 12.0. The molecule has 0 bridgehead atoms. The second-order valence-electron chi connectivity index (χ2n) is 4.20. The molecular weight excluding hydrogens is 202 g/mol. The molecule has 0 aliphatic carbocycles. The summed E-state index contributed by atoms with van der Waals surface area (Å²) in [5.74, 6) is 0.369. The molecule has 1 aromatic carbocycles. The zero-order valence-electron chi connectivity index (χ0n) is 9.81. The normalized spacial score (nSPS) is 12.8. The lowest BCUT2D eigenvalue weighted by atomic mass is 10.0. The summed E-state index contributed by atoms with van der Waals surface area (Å²) in [7, 11) is 0. The van der Waals surface area contributed by atoms with Crippen LogP contribution in [0.3, 0.4) is 0 Å². The van der Waals surface area contributed by atoms with Gasteiger partial charge < -0.3 is 10.4 Å². The van der Waals surface area contributed by atoms with Crippen LogP contribution in [0.25, 0.3) is 0 Å². The quantitative estimate of drug-likeness (QED) is 0.715. The number of rotatable bonds is 6. The minimum atomic E-state index is -0.0207. The van der Waals surface area contributed by atoms with Gasteiger partial charge in [-0.1, -0.05) is 44.2 Å². The van der Waals surface area contributed by atoms with Gasteiger partial charge in [0, 0.05) is 11.6 Å². The first-order valence-electron chi connectivity index (χ1n) is 5.57. The molecule has 0 amide bonds. The fraction of sp³-hybridized carbons (Fsp3) is 0.462. The van der Waals surface area contributed by atoms with Gasteiger partial charge in [0.05, 0.1) is 13.2 Å². The Bertz CT molecular complexity index is 322. The smallest absolute Gasteiger partial charge is 0.176 e. The molecule has 88 valence electrons. The van der Waals surface area contributed by atoms with Crippen LogP contribution in [-0.4, -0.2) is 30.1 Å². The summed E-state index contributed by atoms with van der Waals surface area (Å²) < 4.78 is 0. The molecule has 0 radical (unpaired) electrons. The zero-order valence-corrected chi connectivity index (χ0v) is 9.81. The third kappa shape index (κ3) is 3.76. The molecule has 3 heteroatoms. The molecule has 3 nitrogen and oxygen atoms in total. The first-order valence-corrected chi connectivity index (χ1v) is 5.57. The van der Waals surface area contributed by atoms with Gasteiger partial charge in [-0.25, -0.2) is 0 Å². The third-order valence-corrected chi connectivity index (χ3v) is 2.62. The molecule has 2 N–H and O–H groups in total. The van der Waals surface area contributed by atoms with E-state index in [0.29, 0.717) is 11.5 Å². The first-order chi connectivity index (χ1) is 7.65. The number of aliphatic hydroxyl groups excluding tert-OH is 1. The Labute approximate surface area is 96.5 Å². The standard InChI is InChI=1S/C13H19NO2/c1-10(2)12(9-15)14-8-13(16)11-6-4-3-5-7-11/h3-7,10,12,14-15H,8-9H2,1-2H3/t12-/m1/s1. The van der Waals surface area contributed by atoms with E-state index in [0.717, 1.165) is 0 Å². The maximum Gasteiger partial charge on any atom is 0.176 e. The van der Waals surface area contributed by atoms with Gasteiger partial charge in [-0.3, -0.25) is 4.79 Å². The highest BCUT2D eigenvalue weighted by molar-refractivity contribution is 5.97. The predicted octanol–water partition coefficient (Wildman–Crippen LogP) is 1.48. The van der Waals surface area contributed by atoms with Crippen molar-refractivity contribution in [3.8, 4) is 0 Å². The van der Waals surface area contributed by atoms with E-state index >= 15 is 0 Å². The average Bonchev–Trinajstić information content (AvgIpc) is 2.30. The van der Waals surface area contributed by atoms with Gasteiger partial charge in [-0.05, 0) is 5.92 Å². The number of Topliss-reactive ketones (excluding diaryl/α,β-unsaturated/α-hetero) is 1. The van der Waals surface area contributed by atoms with Gasteiger partial charge in [-0.2, -0.15) is 0 Å². The van der Waals surface area contributed by atoms with Crippen LogP contribution < -0.4 is 5.32 Å². The molecule has 0 heterocycles. The number of aliphatic hydroxyl groups is 1. The summed E-state index contributed by atoms with van der Waals surface area (Å²) in [4.78, 5) is 11.7. The second-order valence-corrected chi connectivity index (χ2v) is 4.20. The van der Waals surface area contributed by atoms with Crippen molar-refractivity contribution >= 4 is 5.78 Å². The highest BCUT2D eigenvalue weighted by atomic mass is 16.3. The van der Waals surface area contributed by atoms with Gasteiger partial charge in [0.2, 0.25) is 0 Å². The minimum absolute atomic E-state index is 0.0207. The first kappa shape index (κ1) is 12.9. The Morgan fingerprint density at radius 2 is 1.94 bits per heavy atom. The Kier molecular flexibility index (Phi) is 5.15. The van der Waals surface area contributed by atoms with Crippen molar-refractivity contribution in [2.24, 2.45) is 5.92 Å². The van der Waals surface area contributed by atoms with E-state index in [9.17, 15) is 4.79 Å². The molecule has 1 rings (SSSR count). The Hall–Kier alpha value is -1.19. The van der Waals surface area contributed by atoms with Crippen LogP contribution in [0.4, 0.5) is 0 Å². The van der Waals surface area contributed by atoms with E-state index in [-0.39, 0.29) is 25.0 Å². The molecule has 16 heavy (non-hydrogen) atoms. The van der Waals surface area contributed by atoms with E-state index in [2.05, 4.69) is 5.32 Å². The summed E-state index contributed by atoms with van der Waals surface area (Å²) in [5, 5.41) is 12.2. The third-order valence-electron chi connectivity index (χ3n) is 2.62. The summed E-state index contributed by atoms with van der Waals surface area (Å²) >= 11 is 0. The van der Waals surface area contributed by atoms with E-state index in [1.54, 1.807) is 12.1 Å². The molecule has 0 aliphatic heterocycles. The fourth-order valence-electron chi connectivity index (χ4n) is 1.46. The lowest BCUT2D eigenvalue weighted by Crippen LogP contribution is -2.40. The fourth-order valence-corrected chi connectivity index (χ4v) is 1.46. The van der Waals surface area contributed by atoms with Crippen molar-refractivity contribution in [1.82, 2.24) is 5.32 Å². The average molecular weight is 221 g/mol. The second kappa shape index (κ2) is 6.40. The highest BCUT2D eigenvalue weighted by Crippen LogP contribution is 2.02. The molecule has 0 aromatic heterocycles. The summed E-state index contributed by atoms with van der Waals surface area (Å²) in [6, 6.07) is 9.15. The molecule has 0 fully saturated rings. The van der Waals surface area contributed by atoms with Crippen molar-refractivity contribution in [2.45, 2.75) is 19.9 Å². The van der Waals surface area contributed by atoms with Gasteiger partial charge in [0.25, 0.3) is 0 Å². The van der Waals surface area contributed by atoms with Crippen LogP contribution in [0, 0.1) is 5.92 Å². The molecule has 0 saturated heterocycles. The van der Waals surface area contributed by atoms with Gasteiger partial charge in [0.1, 0.15) is 0 Å². The summed E-state index contributed by atoms with van der Waals surface area (Å²) in [5.41, 5.74) is 0.704. The van der Waals surface area contributed by atoms with Crippen molar-refractivity contribution < 1.29 is 9.90 Å². The van der Waals surface area contributed by atoms with E-state index in [1.807, 2.05) is 32.0 Å². The number of hydrogen-bond acceptors (Lipinski definition) is 3. The SMILES string of the molecule is CC(C)[C@@H](CO)NCC(=O)c1ccccc1. The van der Waals surface area contributed by atoms with Crippen LogP contribution in [0.5, 0.6) is 0 Å². The number of carbonyl (C=O) groups is 1. The van der Waals surface area contributed by atoms with Crippen LogP contribution in [0.1, 0.15) is 24.2 Å². The van der Waals surface area contributed by atoms with Crippen molar-refractivity contribution in [2.75, 3.05) is 13.2 Å². The monoisotopic (exact) mass is 221 g/mol. The summed E-state index contributed by atoms with van der Waals surface area (Å²) in [6.07, 6.45) is 0. The van der Waals surface area contributed by atoms with Gasteiger partial charge in [-0.15, -0.1) is 0 Å². The maximum absolute atomic E-state index is 11.7. The van der Waals surface area contributed by atoms with Crippen molar-refractivity contribution in [3.05, 3.63) is 35.9 Å². The lowest BCUT2D eigenvalue weighted by Gasteiger charge is -2.19.